The number of carbonyl (C=O) groups excluding carboxylic acids is 2. The molecule has 2 heterocycles. The first-order valence-electron chi connectivity index (χ1n) is 12.8. The second-order valence-corrected chi connectivity index (χ2v) is 9.69. The van der Waals surface area contributed by atoms with Gasteiger partial charge < -0.3 is 19.3 Å². The topological polar surface area (TPSA) is 97.3 Å². The third kappa shape index (κ3) is 4.78. The SMILES string of the molecule is COc1ccc(C(O[C@H]2C[C@H](N3CC(C)C(=O)NC3=O)O[C@@H]2CO)(c2ccccc2)c2ccccc2)cc1. The molecule has 5 rings (SSSR count). The summed E-state index contributed by atoms with van der Waals surface area (Å²) in [7, 11) is 1.63. The fourth-order valence-corrected chi connectivity index (χ4v) is 5.29. The average Bonchev–Trinajstić information content (AvgIpc) is 3.37. The fraction of sp³-hybridized carbons (Fsp3) is 0.333. The van der Waals surface area contributed by atoms with Gasteiger partial charge in [-0.15, -0.1) is 0 Å². The summed E-state index contributed by atoms with van der Waals surface area (Å²) in [6.07, 6.45) is -1.55. The van der Waals surface area contributed by atoms with Crippen molar-refractivity contribution in [2.75, 3.05) is 20.3 Å². The quantitative estimate of drug-likeness (QED) is 0.444. The summed E-state index contributed by atoms with van der Waals surface area (Å²) in [6, 6.07) is 27.1. The average molecular weight is 517 g/mol. The Kier molecular flexibility index (Phi) is 7.46. The van der Waals surface area contributed by atoms with E-state index in [9.17, 15) is 14.7 Å². The van der Waals surface area contributed by atoms with E-state index in [1.165, 1.54) is 4.90 Å². The van der Waals surface area contributed by atoms with Crippen molar-refractivity contribution in [3.8, 4) is 5.75 Å². The van der Waals surface area contributed by atoms with E-state index in [0.717, 1.165) is 22.4 Å². The largest absolute Gasteiger partial charge is 0.497 e. The van der Waals surface area contributed by atoms with Crippen LogP contribution in [-0.2, 0) is 19.9 Å². The predicted molar refractivity (Wildman–Crippen MR) is 140 cm³/mol. The molecule has 0 bridgehead atoms. The van der Waals surface area contributed by atoms with Crippen LogP contribution in [0, 0.1) is 5.92 Å². The molecular formula is C30H32N2O6. The molecule has 0 spiro atoms. The number of amides is 3. The van der Waals surface area contributed by atoms with E-state index in [2.05, 4.69) is 5.32 Å². The molecular weight excluding hydrogens is 484 g/mol. The van der Waals surface area contributed by atoms with Crippen LogP contribution in [0.2, 0.25) is 0 Å². The van der Waals surface area contributed by atoms with Gasteiger partial charge in [0.05, 0.1) is 25.7 Å². The summed E-state index contributed by atoms with van der Waals surface area (Å²) in [4.78, 5) is 26.1. The number of urea groups is 1. The first-order valence-corrected chi connectivity index (χ1v) is 12.8. The number of aliphatic hydroxyl groups excluding tert-OH is 1. The number of hydrogen-bond donors (Lipinski definition) is 2. The number of nitrogens with zero attached hydrogens (tertiary/aromatic N) is 1. The van der Waals surface area contributed by atoms with Crippen molar-refractivity contribution in [3.05, 3.63) is 102 Å². The molecule has 2 fully saturated rings. The Bertz CT molecular complexity index is 1210. The van der Waals surface area contributed by atoms with E-state index in [1.54, 1.807) is 14.0 Å². The number of imide groups is 1. The Morgan fingerprint density at radius 3 is 2.08 bits per heavy atom. The molecule has 8 nitrogen and oxygen atoms in total. The summed E-state index contributed by atoms with van der Waals surface area (Å²) in [5, 5.41) is 12.7. The van der Waals surface area contributed by atoms with Gasteiger partial charge in [0.2, 0.25) is 5.91 Å². The molecule has 3 aromatic rings. The number of benzene rings is 3. The zero-order valence-corrected chi connectivity index (χ0v) is 21.4. The molecule has 2 aliphatic heterocycles. The Hall–Kier alpha value is -3.72. The molecule has 2 aliphatic rings. The molecule has 0 aliphatic carbocycles. The van der Waals surface area contributed by atoms with E-state index < -0.39 is 30.1 Å². The van der Waals surface area contributed by atoms with E-state index in [0.29, 0.717) is 6.42 Å². The maximum Gasteiger partial charge on any atom is 0.326 e. The molecule has 0 aromatic heterocycles. The minimum Gasteiger partial charge on any atom is -0.497 e. The molecule has 2 saturated heterocycles. The van der Waals surface area contributed by atoms with Crippen LogP contribution in [0.25, 0.3) is 0 Å². The number of aliphatic hydroxyl groups is 1. The molecule has 0 saturated carbocycles. The summed E-state index contributed by atoms with van der Waals surface area (Å²) in [5.74, 6) is 0.0550. The highest BCUT2D eigenvalue weighted by atomic mass is 16.6. The second-order valence-electron chi connectivity index (χ2n) is 9.69. The van der Waals surface area contributed by atoms with Gasteiger partial charge >= 0.3 is 6.03 Å². The Balaban J connectivity index is 1.57. The van der Waals surface area contributed by atoms with E-state index >= 15 is 0 Å². The first kappa shape index (κ1) is 25.9. The standard InChI is InChI=1S/C30H32N2O6/c1-20-18-32(29(35)31-28(20)34)27-17-25(26(19-33)37-27)38-30(21-9-5-3-6-10-21,22-11-7-4-8-12-22)23-13-15-24(36-2)16-14-23/h3-16,20,25-27,33H,17-19H2,1-2H3,(H,31,34,35)/t20?,25-,26+,27+/m0/s1. The zero-order valence-electron chi connectivity index (χ0n) is 21.4. The minimum atomic E-state index is -1.04. The summed E-state index contributed by atoms with van der Waals surface area (Å²) < 4.78 is 18.7. The molecule has 8 heteroatoms. The Labute approximate surface area is 222 Å². The van der Waals surface area contributed by atoms with Crippen molar-refractivity contribution in [1.82, 2.24) is 10.2 Å². The molecule has 198 valence electrons. The van der Waals surface area contributed by atoms with Crippen LogP contribution in [0.15, 0.2) is 84.9 Å². The molecule has 38 heavy (non-hydrogen) atoms. The number of ether oxygens (including phenoxy) is 3. The van der Waals surface area contributed by atoms with Crippen molar-refractivity contribution in [1.29, 1.82) is 0 Å². The summed E-state index contributed by atoms with van der Waals surface area (Å²) >= 11 is 0. The minimum absolute atomic E-state index is 0.237. The number of hydrogen-bond acceptors (Lipinski definition) is 6. The van der Waals surface area contributed by atoms with Gasteiger partial charge in [0.15, 0.2) is 0 Å². The van der Waals surface area contributed by atoms with Crippen molar-refractivity contribution in [3.63, 3.8) is 0 Å². The lowest BCUT2D eigenvalue weighted by Gasteiger charge is -2.39. The van der Waals surface area contributed by atoms with Crippen LogP contribution < -0.4 is 10.1 Å². The first-order chi connectivity index (χ1) is 18.5. The molecule has 4 atom stereocenters. The number of rotatable bonds is 8. The fourth-order valence-electron chi connectivity index (χ4n) is 5.29. The van der Waals surface area contributed by atoms with Crippen LogP contribution in [0.1, 0.15) is 30.0 Å². The lowest BCUT2D eigenvalue weighted by molar-refractivity contribution is -0.129. The van der Waals surface area contributed by atoms with Gasteiger partial charge in [-0.05, 0) is 28.8 Å². The lowest BCUT2D eigenvalue weighted by atomic mass is 9.79. The van der Waals surface area contributed by atoms with Crippen molar-refractivity contribution in [2.24, 2.45) is 5.92 Å². The normalized spacial score (nSPS) is 23.8. The third-order valence-corrected chi connectivity index (χ3v) is 7.30. The molecule has 1 unspecified atom stereocenters. The van der Waals surface area contributed by atoms with Crippen molar-refractivity contribution in [2.45, 2.75) is 37.4 Å². The van der Waals surface area contributed by atoms with Crippen LogP contribution >= 0.6 is 0 Å². The third-order valence-electron chi connectivity index (χ3n) is 7.30. The lowest BCUT2D eigenvalue weighted by Crippen LogP contribution is -2.57. The van der Waals surface area contributed by atoms with Crippen molar-refractivity contribution < 1.29 is 28.9 Å². The van der Waals surface area contributed by atoms with Gasteiger partial charge in [0.25, 0.3) is 0 Å². The van der Waals surface area contributed by atoms with Crippen molar-refractivity contribution >= 4 is 11.9 Å². The van der Waals surface area contributed by atoms with Gasteiger partial charge in [-0.25, -0.2) is 4.79 Å². The van der Waals surface area contributed by atoms with E-state index in [-0.39, 0.29) is 25.0 Å². The monoisotopic (exact) mass is 516 g/mol. The summed E-state index contributed by atoms with van der Waals surface area (Å²) in [6.45, 7) is 1.72. The second kappa shape index (κ2) is 10.9. The maximum absolute atomic E-state index is 12.6. The van der Waals surface area contributed by atoms with Crippen LogP contribution in [-0.4, -0.2) is 60.6 Å². The van der Waals surface area contributed by atoms with Gasteiger partial charge in [0, 0.05) is 13.0 Å². The Morgan fingerprint density at radius 1 is 0.947 bits per heavy atom. The zero-order chi connectivity index (χ0) is 26.7. The summed E-state index contributed by atoms with van der Waals surface area (Å²) in [5.41, 5.74) is 1.65. The molecule has 2 N–H and O–H groups in total. The van der Waals surface area contributed by atoms with Crippen LogP contribution in [0.4, 0.5) is 4.79 Å². The number of nitrogens with one attached hydrogen (secondary N) is 1. The van der Waals surface area contributed by atoms with E-state index in [1.807, 2.05) is 84.9 Å². The van der Waals surface area contributed by atoms with Gasteiger partial charge in [-0.3, -0.25) is 15.0 Å². The smallest absolute Gasteiger partial charge is 0.326 e. The van der Waals surface area contributed by atoms with Crippen LogP contribution in [0.3, 0.4) is 0 Å². The van der Waals surface area contributed by atoms with Gasteiger partial charge in [0.1, 0.15) is 23.7 Å². The highest BCUT2D eigenvalue weighted by Gasteiger charge is 2.48. The Morgan fingerprint density at radius 2 is 1.53 bits per heavy atom. The number of methoxy groups -OCH3 is 1. The highest BCUT2D eigenvalue weighted by molar-refractivity contribution is 5.97. The van der Waals surface area contributed by atoms with Crippen LogP contribution in [0.5, 0.6) is 5.75 Å². The predicted octanol–water partition coefficient (Wildman–Crippen LogP) is 3.67. The number of carbonyl (C=O) groups is 2. The van der Waals surface area contributed by atoms with Gasteiger partial charge in [-0.1, -0.05) is 79.7 Å². The van der Waals surface area contributed by atoms with Gasteiger partial charge in [-0.2, -0.15) is 0 Å². The molecule has 0 radical (unpaired) electrons. The highest BCUT2D eigenvalue weighted by Crippen LogP contribution is 2.44. The van der Waals surface area contributed by atoms with E-state index in [4.69, 9.17) is 14.2 Å². The molecule has 3 aromatic carbocycles. The maximum atomic E-state index is 12.6. The molecule has 3 amide bonds.